The average Bonchev–Trinajstić information content (AvgIpc) is 2.35. The number of methoxy groups -OCH3 is 2. The van der Waals surface area contributed by atoms with Crippen LogP contribution in [0.2, 0.25) is 0 Å². The molecule has 0 aliphatic rings. The van der Waals surface area contributed by atoms with Crippen LogP contribution in [0.4, 0.5) is 8.78 Å². The lowest BCUT2D eigenvalue weighted by Crippen LogP contribution is -2.33. The van der Waals surface area contributed by atoms with Gasteiger partial charge in [0.15, 0.2) is 0 Å². The van der Waals surface area contributed by atoms with Gasteiger partial charge in [0.2, 0.25) is 0 Å². The number of halogens is 2. The molecule has 102 valence electrons. The summed E-state index contributed by atoms with van der Waals surface area (Å²) in [5.74, 6) is -2.76. The number of alkyl halides is 2. The molecule has 3 nitrogen and oxygen atoms in total. The van der Waals surface area contributed by atoms with Crippen molar-refractivity contribution in [3.8, 4) is 5.75 Å². The topological polar surface area (TPSA) is 30.5 Å². The molecular formula is C13H19F2NO2. The van der Waals surface area contributed by atoms with Crippen LogP contribution in [-0.2, 0) is 10.7 Å². The van der Waals surface area contributed by atoms with E-state index in [9.17, 15) is 8.78 Å². The first-order valence-electron chi connectivity index (χ1n) is 5.74. The molecule has 0 aromatic heterocycles. The van der Waals surface area contributed by atoms with Gasteiger partial charge in [0.25, 0.3) is 5.92 Å². The number of benzene rings is 1. The lowest BCUT2D eigenvalue weighted by atomic mass is 10.0. The third-order valence-corrected chi connectivity index (χ3v) is 2.58. The maximum atomic E-state index is 14.0. The van der Waals surface area contributed by atoms with E-state index < -0.39 is 12.5 Å². The number of nitrogens with one attached hydrogen (secondary N) is 1. The summed E-state index contributed by atoms with van der Waals surface area (Å²) in [6, 6.07) is 4.77. The van der Waals surface area contributed by atoms with Crippen LogP contribution in [0.15, 0.2) is 18.2 Å². The Morgan fingerprint density at radius 1 is 1.28 bits per heavy atom. The molecule has 18 heavy (non-hydrogen) atoms. The summed E-state index contributed by atoms with van der Waals surface area (Å²) in [6.07, 6.45) is 0. The van der Waals surface area contributed by atoms with Crippen molar-refractivity contribution in [1.82, 2.24) is 5.32 Å². The van der Waals surface area contributed by atoms with E-state index in [-0.39, 0.29) is 11.3 Å². The second kappa shape index (κ2) is 6.66. The van der Waals surface area contributed by atoms with Crippen molar-refractivity contribution in [2.24, 2.45) is 0 Å². The van der Waals surface area contributed by atoms with Crippen LogP contribution in [-0.4, -0.2) is 33.9 Å². The number of aryl methyl sites for hydroxylation is 1. The van der Waals surface area contributed by atoms with E-state index in [4.69, 9.17) is 9.47 Å². The van der Waals surface area contributed by atoms with Gasteiger partial charge in [0.1, 0.15) is 5.75 Å². The fourth-order valence-electron chi connectivity index (χ4n) is 1.62. The summed E-state index contributed by atoms with van der Waals surface area (Å²) in [5, 5.41) is 2.67. The Bertz CT molecular complexity index is 383. The van der Waals surface area contributed by atoms with Crippen molar-refractivity contribution < 1.29 is 18.3 Å². The summed E-state index contributed by atoms with van der Waals surface area (Å²) in [4.78, 5) is 0. The van der Waals surface area contributed by atoms with Gasteiger partial charge in [-0.05, 0) is 19.1 Å². The Labute approximate surface area is 106 Å². The Morgan fingerprint density at radius 2 is 2.00 bits per heavy atom. The number of hydrogen-bond donors (Lipinski definition) is 1. The fourth-order valence-corrected chi connectivity index (χ4v) is 1.62. The Morgan fingerprint density at radius 3 is 2.61 bits per heavy atom. The van der Waals surface area contributed by atoms with Gasteiger partial charge in [-0.1, -0.05) is 11.6 Å². The molecule has 1 aromatic carbocycles. The smallest absolute Gasteiger partial charge is 0.288 e. The predicted octanol–water partition coefficient (Wildman–Crippen LogP) is 2.33. The molecule has 1 aromatic rings. The maximum Gasteiger partial charge on any atom is 0.288 e. The van der Waals surface area contributed by atoms with Gasteiger partial charge in [-0.2, -0.15) is 8.78 Å². The Kier molecular flexibility index (Phi) is 5.50. The van der Waals surface area contributed by atoms with E-state index >= 15 is 0 Å². The van der Waals surface area contributed by atoms with Gasteiger partial charge in [-0.25, -0.2) is 0 Å². The third-order valence-electron chi connectivity index (χ3n) is 2.58. The van der Waals surface area contributed by atoms with Crippen molar-refractivity contribution in [3.63, 3.8) is 0 Å². The van der Waals surface area contributed by atoms with Gasteiger partial charge in [-0.15, -0.1) is 0 Å². The number of rotatable bonds is 7. The molecule has 0 saturated carbocycles. The molecule has 0 spiro atoms. The molecule has 1 rings (SSSR count). The van der Waals surface area contributed by atoms with Crippen LogP contribution in [0, 0.1) is 6.92 Å². The van der Waals surface area contributed by atoms with E-state index in [1.54, 1.807) is 19.1 Å². The van der Waals surface area contributed by atoms with Crippen molar-refractivity contribution in [2.45, 2.75) is 12.8 Å². The van der Waals surface area contributed by atoms with Gasteiger partial charge in [0, 0.05) is 13.7 Å². The van der Waals surface area contributed by atoms with Crippen LogP contribution in [0.5, 0.6) is 5.75 Å². The molecule has 0 saturated heterocycles. The first-order chi connectivity index (χ1) is 8.51. The zero-order chi connectivity index (χ0) is 13.6. The summed E-state index contributed by atoms with van der Waals surface area (Å²) < 4.78 is 37.8. The average molecular weight is 259 g/mol. The molecule has 0 amide bonds. The highest BCUT2D eigenvalue weighted by Gasteiger charge is 2.34. The second-order valence-corrected chi connectivity index (χ2v) is 4.08. The molecule has 0 atom stereocenters. The first kappa shape index (κ1) is 14.9. The van der Waals surface area contributed by atoms with E-state index in [1.165, 1.54) is 20.3 Å². The van der Waals surface area contributed by atoms with Gasteiger partial charge in [0.05, 0.1) is 25.8 Å². The Hall–Kier alpha value is -1.20. The van der Waals surface area contributed by atoms with Crippen LogP contribution in [0.25, 0.3) is 0 Å². The minimum atomic E-state index is -2.97. The maximum absolute atomic E-state index is 14.0. The SMILES string of the molecule is COCCNCC(F)(F)c1cc(C)ccc1OC. The number of ether oxygens (including phenoxy) is 2. The van der Waals surface area contributed by atoms with Crippen molar-refractivity contribution >= 4 is 0 Å². The molecule has 1 N–H and O–H groups in total. The van der Waals surface area contributed by atoms with Crippen molar-refractivity contribution in [2.75, 3.05) is 33.9 Å². The molecule has 0 aliphatic carbocycles. The molecule has 0 heterocycles. The van der Waals surface area contributed by atoms with Crippen molar-refractivity contribution in [1.29, 1.82) is 0 Å². The summed E-state index contributed by atoms with van der Waals surface area (Å²) >= 11 is 0. The molecular weight excluding hydrogens is 240 g/mol. The normalized spacial score (nSPS) is 11.6. The Balaban J connectivity index is 2.79. The van der Waals surface area contributed by atoms with Crippen LogP contribution in [0.3, 0.4) is 0 Å². The first-order valence-corrected chi connectivity index (χ1v) is 5.74. The highest BCUT2D eigenvalue weighted by Crippen LogP contribution is 2.35. The third kappa shape index (κ3) is 3.92. The van der Waals surface area contributed by atoms with Crippen molar-refractivity contribution in [3.05, 3.63) is 29.3 Å². The lowest BCUT2D eigenvalue weighted by molar-refractivity contribution is -0.00630. The van der Waals surface area contributed by atoms with E-state index in [0.717, 1.165) is 5.56 Å². The van der Waals surface area contributed by atoms with Crippen LogP contribution < -0.4 is 10.1 Å². The van der Waals surface area contributed by atoms with Crippen LogP contribution >= 0.6 is 0 Å². The van der Waals surface area contributed by atoms with E-state index in [2.05, 4.69) is 5.32 Å². The minimum Gasteiger partial charge on any atom is -0.496 e. The fraction of sp³-hybridized carbons (Fsp3) is 0.538. The standard InChI is InChI=1S/C13H19F2NO2/c1-10-4-5-12(18-3)11(8-10)13(14,15)9-16-6-7-17-2/h4-5,8,16H,6-7,9H2,1-3H3. The van der Waals surface area contributed by atoms with E-state index in [0.29, 0.717) is 13.2 Å². The van der Waals surface area contributed by atoms with Gasteiger partial charge >= 0.3 is 0 Å². The molecule has 0 bridgehead atoms. The summed E-state index contributed by atoms with van der Waals surface area (Å²) in [7, 11) is 2.92. The number of hydrogen-bond acceptors (Lipinski definition) is 3. The highest BCUT2D eigenvalue weighted by molar-refractivity contribution is 5.40. The molecule has 0 fully saturated rings. The predicted molar refractivity (Wildman–Crippen MR) is 66.4 cm³/mol. The lowest BCUT2D eigenvalue weighted by Gasteiger charge is -2.20. The highest BCUT2D eigenvalue weighted by atomic mass is 19.3. The van der Waals surface area contributed by atoms with Crippen LogP contribution in [0.1, 0.15) is 11.1 Å². The summed E-state index contributed by atoms with van der Waals surface area (Å²) in [5.41, 5.74) is 0.692. The monoisotopic (exact) mass is 259 g/mol. The van der Waals surface area contributed by atoms with Gasteiger partial charge in [-0.3, -0.25) is 0 Å². The molecule has 0 aliphatic heterocycles. The zero-order valence-electron chi connectivity index (χ0n) is 10.9. The van der Waals surface area contributed by atoms with Gasteiger partial charge < -0.3 is 14.8 Å². The molecule has 5 heteroatoms. The molecule has 0 radical (unpaired) electrons. The summed E-state index contributed by atoms with van der Waals surface area (Å²) in [6.45, 7) is 2.13. The zero-order valence-corrected chi connectivity index (χ0v) is 10.9. The second-order valence-electron chi connectivity index (χ2n) is 4.08. The minimum absolute atomic E-state index is 0.0880. The van der Waals surface area contributed by atoms with E-state index in [1.807, 2.05) is 0 Å². The largest absolute Gasteiger partial charge is 0.496 e. The molecule has 0 unspecified atom stereocenters. The quantitative estimate of drug-likeness (QED) is 0.762.